The first-order valence-electron chi connectivity index (χ1n) is 6.16. The minimum absolute atomic E-state index is 0.0432. The van der Waals surface area contributed by atoms with Crippen molar-refractivity contribution in [2.24, 2.45) is 7.05 Å². The fraction of sp³-hybridized carbons (Fsp3) is 0.636. The number of sulfonamides is 1. The molecule has 0 radical (unpaired) electrons. The number of ether oxygens (including phenoxy) is 1. The molecule has 1 aromatic heterocycles. The molecule has 1 unspecified atom stereocenters. The molecule has 7 nitrogen and oxygen atoms in total. The lowest BCUT2D eigenvalue weighted by atomic mass is 10.1. The number of nitrogens with zero attached hydrogens (tertiary/aromatic N) is 3. The fourth-order valence-electron chi connectivity index (χ4n) is 2.37. The Bertz CT molecular complexity index is 594. The van der Waals surface area contributed by atoms with Crippen LogP contribution in [0.25, 0.3) is 0 Å². The Morgan fingerprint density at radius 3 is 2.75 bits per heavy atom. The lowest BCUT2D eigenvalue weighted by Crippen LogP contribution is -2.48. The van der Waals surface area contributed by atoms with Crippen LogP contribution >= 0.6 is 11.6 Å². The van der Waals surface area contributed by atoms with Gasteiger partial charge in [-0.15, -0.1) is 0 Å². The maximum absolute atomic E-state index is 12.7. The molecule has 0 spiro atoms. The van der Waals surface area contributed by atoms with E-state index in [1.807, 2.05) is 0 Å². The summed E-state index contributed by atoms with van der Waals surface area (Å²) in [5.74, 6) is -0.549. The average molecular weight is 322 g/mol. The van der Waals surface area contributed by atoms with Gasteiger partial charge in [0.1, 0.15) is 6.04 Å². The molecule has 1 aromatic rings. The summed E-state index contributed by atoms with van der Waals surface area (Å²) in [7, 11) is -1.14. The standard InChI is InChI=1S/C11H16ClN3O4S/c1-14-10(8(12)7-13-14)20(17,18)15-6-4-3-5-9(15)11(16)19-2/h7,9H,3-6H2,1-2H3. The normalized spacial score (nSPS) is 20.9. The molecule has 2 heterocycles. The summed E-state index contributed by atoms with van der Waals surface area (Å²) >= 11 is 5.90. The zero-order chi connectivity index (χ0) is 14.9. The van der Waals surface area contributed by atoms with Gasteiger partial charge in [-0.2, -0.15) is 9.40 Å². The molecule has 9 heteroatoms. The smallest absolute Gasteiger partial charge is 0.324 e. The van der Waals surface area contributed by atoms with Crippen LogP contribution in [0.4, 0.5) is 0 Å². The predicted molar refractivity (Wildman–Crippen MR) is 71.8 cm³/mol. The molecule has 2 rings (SSSR count). The van der Waals surface area contributed by atoms with Crippen LogP contribution < -0.4 is 0 Å². The van der Waals surface area contributed by atoms with Gasteiger partial charge in [0.05, 0.1) is 18.3 Å². The quantitative estimate of drug-likeness (QED) is 0.769. The van der Waals surface area contributed by atoms with Gasteiger partial charge in [-0.25, -0.2) is 8.42 Å². The second-order valence-electron chi connectivity index (χ2n) is 4.57. The van der Waals surface area contributed by atoms with Gasteiger partial charge in [-0.3, -0.25) is 9.48 Å². The number of hydrogen-bond donors (Lipinski definition) is 0. The van der Waals surface area contributed by atoms with Crippen LogP contribution in [-0.2, 0) is 26.6 Å². The summed E-state index contributed by atoms with van der Waals surface area (Å²) in [5, 5.41) is 3.77. The fourth-order valence-corrected chi connectivity index (χ4v) is 4.62. The zero-order valence-corrected chi connectivity index (χ0v) is 12.8. The second kappa shape index (κ2) is 5.71. The molecular formula is C11H16ClN3O4S. The van der Waals surface area contributed by atoms with Crippen molar-refractivity contribution in [2.45, 2.75) is 30.3 Å². The highest BCUT2D eigenvalue weighted by molar-refractivity contribution is 7.89. The van der Waals surface area contributed by atoms with Crippen molar-refractivity contribution in [2.75, 3.05) is 13.7 Å². The number of methoxy groups -OCH3 is 1. The summed E-state index contributed by atoms with van der Waals surface area (Å²) in [6.45, 7) is 0.267. The van der Waals surface area contributed by atoms with Crippen LogP contribution in [0.3, 0.4) is 0 Å². The van der Waals surface area contributed by atoms with Crippen molar-refractivity contribution in [1.29, 1.82) is 0 Å². The topological polar surface area (TPSA) is 81.5 Å². The van der Waals surface area contributed by atoms with Gasteiger partial charge in [0.2, 0.25) is 0 Å². The highest BCUT2D eigenvalue weighted by Gasteiger charge is 2.40. The molecule has 0 bridgehead atoms. The van der Waals surface area contributed by atoms with Crippen LogP contribution in [0.1, 0.15) is 19.3 Å². The SMILES string of the molecule is COC(=O)C1CCCCN1S(=O)(=O)c1c(Cl)cnn1C. The Morgan fingerprint density at radius 1 is 1.50 bits per heavy atom. The molecule has 0 aromatic carbocycles. The molecule has 0 amide bonds. The number of aryl methyl sites for hydroxylation is 1. The van der Waals surface area contributed by atoms with E-state index in [0.717, 1.165) is 10.7 Å². The molecule has 0 aliphatic carbocycles. The van der Waals surface area contributed by atoms with Gasteiger partial charge in [-0.1, -0.05) is 11.6 Å². The highest BCUT2D eigenvalue weighted by Crippen LogP contribution is 2.29. The van der Waals surface area contributed by atoms with Gasteiger partial charge in [0, 0.05) is 13.6 Å². The predicted octanol–water partition coefficient (Wildman–Crippen LogP) is 0.790. The summed E-state index contributed by atoms with van der Waals surface area (Å²) in [6.07, 6.45) is 3.19. The van der Waals surface area contributed by atoms with Crippen molar-refractivity contribution in [3.05, 3.63) is 11.2 Å². The average Bonchev–Trinajstić information content (AvgIpc) is 2.77. The number of carbonyl (C=O) groups is 1. The first-order valence-corrected chi connectivity index (χ1v) is 7.98. The first-order chi connectivity index (χ1) is 9.39. The Hall–Kier alpha value is -1.12. The number of piperidine rings is 1. The van der Waals surface area contributed by atoms with Crippen LogP contribution in [0.15, 0.2) is 11.2 Å². The lowest BCUT2D eigenvalue weighted by Gasteiger charge is -2.32. The maximum atomic E-state index is 12.7. The number of hydrogen-bond acceptors (Lipinski definition) is 5. The van der Waals surface area contributed by atoms with Crippen molar-refractivity contribution in [3.63, 3.8) is 0 Å². The lowest BCUT2D eigenvalue weighted by molar-refractivity contribution is -0.146. The Morgan fingerprint density at radius 2 is 2.20 bits per heavy atom. The van der Waals surface area contributed by atoms with E-state index >= 15 is 0 Å². The minimum atomic E-state index is -3.88. The van der Waals surface area contributed by atoms with E-state index in [9.17, 15) is 13.2 Å². The van der Waals surface area contributed by atoms with Crippen molar-refractivity contribution in [3.8, 4) is 0 Å². The summed E-state index contributed by atoms with van der Waals surface area (Å²) in [6, 6.07) is -0.801. The molecule has 1 saturated heterocycles. The van der Waals surface area contributed by atoms with Crippen molar-refractivity contribution in [1.82, 2.24) is 14.1 Å². The van der Waals surface area contributed by atoms with E-state index in [1.54, 1.807) is 0 Å². The molecule has 20 heavy (non-hydrogen) atoms. The molecule has 112 valence electrons. The summed E-state index contributed by atoms with van der Waals surface area (Å²) < 4.78 is 32.4. The van der Waals surface area contributed by atoms with Gasteiger partial charge >= 0.3 is 5.97 Å². The Balaban J connectivity index is 2.44. The third-order valence-electron chi connectivity index (χ3n) is 3.32. The number of esters is 1. The van der Waals surface area contributed by atoms with Crippen molar-refractivity contribution < 1.29 is 17.9 Å². The van der Waals surface area contributed by atoms with E-state index in [-0.39, 0.29) is 16.6 Å². The van der Waals surface area contributed by atoms with Crippen LogP contribution in [0.5, 0.6) is 0 Å². The van der Waals surface area contributed by atoms with E-state index in [0.29, 0.717) is 12.8 Å². The molecule has 1 aliphatic heterocycles. The van der Waals surface area contributed by atoms with E-state index in [1.165, 1.54) is 25.0 Å². The minimum Gasteiger partial charge on any atom is -0.468 e. The first kappa shape index (κ1) is 15.3. The Kier molecular flexibility index (Phi) is 4.36. The number of halogens is 1. The molecule has 1 aliphatic rings. The van der Waals surface area contributed by atoms with Gasteiger partial charge in [0.25, 0.3) is 10.0 Å². The second-order valence-corrected chi connectivity index (χ2v) is 6.78. The van der Waals surface area contributed by atoms with E-state index in [2.05, 4.69) is 5.10 Å². The highest BCUT2D eigenvalue weighted by atomic mass is 35.5. The molecule has 1 atom stereocenters. The van der Waals surface area contributed by atoms with E-state index in [4.69, 9.17) is 16.3 Å². The zero-order valence-electron chi connectivity index (χ0n) is 11.2. The van der Waals surface area contributed by atoms with Gasteiger partial charge in [-0.05, 0) is 19.3 Å². The molecule has 1 fully saturated rings. The van der Waals surface area contributed by atoms with E-state index < -0.39 is 22.0 Å². The summed E-state index contributed by atoms with van der Waals surface area (Å²) in [4.78, 5) is 11.8. The largest absolute Gasteiger partial charge is 0.468 e. The Labute approximate surface area is 122 Å². The number of carbonyl (C=O) groups excluding carboxylic acids is 1. The monoisotopic (exact) mass is 321 g/mol. The van der Waals surface area contributed by atoms with Gasteiger partial charge in [0.15, 0.2) is 5.03 Å². The van der Waals surface area contributed by atoms with Gasteiger partial charge < -0.3 is 4.74 Å². The number of aromatic nitrogens is 2. The molecule has 0 saturated carbocycles. The van der Waals surface area contributed by atoms with Crippen LogP contribution in [0.2, 0.25) is 5.02 Å². The maximum Gasteiger partial charge on any atom is 0.324 e. The van der Waals surface area contributed by atoms with Crippen LogP contribution in [-0.4, -0.2) is 48.2 Å². The third kappa shape index (κ3) is 2.55. The van der Waals surface area contributed by atoms with Crippen LogP contribution in [0, 0.1) is 0 Å². The van der Waals surface area contributed by atoms with Crippen molar-refractivity contribution >= 4 is 27.6 Å². The molecule has 0 N–H and O–H groups in total. The number of rotatable bonds is 3. The third-order valence-corrected chi connectivity index (χ3v) is 5.74. The summed E-state index contributed by atoms with van der Waals surface area (Å²) in [5.41, 5.74) is 0. The molecular weight excluding hydrogens is 306 g/mol.